The lowest BCUT2D eigenvalue weighted by molar-refractivity contribution is 0.492. The van der Waals surface area contributed by atoms with Crippen LogP contribution in [0.3, 0.4) is 0 Å². The molecule has 0 radical (unpaired) electrons. The zero-order valence-corrected chi connectivity index (χ0v) is 14.7. The minimum Gasteiger partial charge on any atom is -0.450 e. The molecule has 4 rings (SSSR count). The molecule has 3 aromatic rings. The Morgan fingerprint density at radius 2 is 1.44 bits per heavy atom. The average molecular weight is 342 g/mol. The third-order valence-corrected chi connectivity index (χ3v) is 5.66. The van der Waals surface area contributed by atoms with Crippen LogP contribution >= 0.6 is 0 Å². The van der Waals surface area contributed by atoms with Gasteiger partial charge < -0.3 is 4.42 Å². The first kappa shape index (κ1) is 16.6. The smallest absolute Gasteiger partial charge is 0.171 e. The maximum absolute atomic E-state index is 14.9. The van der Waals surface area contributed by atoms with E-state index in [1.54, 1.807) is 6.07 Å². The summed E-state index contributed by atoms with van der Waals surface area (Å²) in [6.07, 6.45) is 8.41. The molecule has 1 aromatic heterocycles. The zero-order chi connectivity index (χ0) is 17.4. The van der Waals surface area contributed by atoms with Gasteiger partial charge in [0, 0.05) is 10.8 Å². The summed E-state index contributed by atoms with van der Waals surface area (Å²) in [5.74, 6) is 0.0606. The number of aryl methyl sites for hydroxylation is 2. The molecule has 2 aromatic carbocycles. The van der Waals surface area contributed by atoms with Crippen molar-refractivity contribution in [2.45, 2.75) is 58.3 Å². The lowest BCUT2D eigenvalue weighted by Gasteiger charge is -2.09. The first-order valence-corrected chi connectivity index (χ1v) is 9.50. The van der Waals surface area contributed by atoms with Gasteiger partial charge in [0.15, 0.2) is 22.8 Å². The minimum atomic E-state index is -0.345. The van der Waals surface area contributed by atoms with Crippen molar-refractivity contribution >= 4 is 21.9 Å². The zero-order valence-electron chi connectivity index (χ0n) is 14.7. The van der Waals surface area contributed by atoms with Crippen LogP contribution in [-0.2, 0) is 12.8 Å². The molecule has 0 bridgehead atoms. The van der Waals surface area contributed by atoms with Gasteiger partial charge in [-0.15, -0.1) is 0 Å². The molecule has 1 saturated carbocycles. The van der Waals surface area contributed by atoms with E-state index in [0.29, 0.717) is 28.3 Å². The largest absolute Gasteiger partial charge is 0.450 e. The molecular weight excluding hydrogens is 318 g/mol. The molecule has 3 heteroatoms. The van der Waals surface area contributed by atoms with Crippen molar-refractivity contribution in [3.05, 3.63) is 47.0 Å². The van der Waals surface area contributed by atoms with E-state index in [4.69, 9.17) is 4.42 Å². The fraction of sp³-hybridized carbons (Fsp3) is 0.455. The summed E-state index contributed by atoms with van der Waals surface area (Å²) in [6, 6.07) is 7.38. The van der Waals surface area contributed by atoms with Crippen LogP contribution in [0.5, 0.6) is 0 Å². The SMILES string of the molecule is CCCc1ccc2c(oc3c(F)c(CCC4CCCC4)ccc32)c1F. The highest BCUT2D eigenvalue weighted by atomic mass is 19.1. The van der Waals surface area contributed by atoms with E-state index in [9.17, 15) is 8.78 Å². The maximum atomic E-state index is 14.9. The Hall–Kier alpha value is -1.90. The van der Waals surface area contributed by atoms with E-state index < -0.39 is 0 Å². The summed E-state index contributed by atoms with van der Waals surface area (Å²) < 4.78 is 35.3. The van der Waals surface area contributed by atoms with Crippen LogP contribution in [-0.4, -0.2) is 0 Å². The molecule has 25 heavy (non-hydrogen) atoms. The highest BCUT2D eigenvalue weighted by molar-refractivity contribution is 6.05. The quantitative estimate of drug-likeness (QED) is 0.489. The molecule has 0 atom stereocenters. The van der Waals surface area contributed by atoms with Crippen LogP contribution in [0.15, 0.2) is 28.7 Å². The normalized spacial score (nSPS) is 15.6. The van der Waals surface area contributed by atoms with Crippen LogP contribution < -0.4 is 0 Å². The molecular formula is C22H24F2O. The van der Waals surface area contributed by atoms with Gasteiger partial charge in [0.1, 0.15) is 0 Å². The molecule has 1 heterocycles. The van der Waals surface area contributed by atoms with Gasteiger partial charge >= 0.3 is 0 Å². The standard InChI is InChI=1S/C22H24F2O/c1-2-5-15-10-12-17-18-13-11-16(9-8-14-6-3-4-7-14)20(24)22(18)25-21(17)19(15)23/h10-14H,2-9H2,1H3. The molecule has 0 saturated heterocycles. The van der Waals surface area contributed by atoms with Crippen molar-refractivity contribution in [1.29, 1.82) is 0 Å². The van der Waals surface area contributed by atoms with Gasteiger partial charge in [-0.05, 0) is 48.4 Å². The third-order valence-electron chi connectivity index (χ3n) is 5.66. The number of furan rings is 1. The van der Waals surface area contributed by atoms with Gasteiger partial charge in [-0.25, -0.2) is 8.78 Å². The Balaban J connectivity index is 1.72. The van der Waals surface area contributed by atoms with Crippen molar-refractivity contribution < 1.29 is 13.2 Å². The Kier molecular flexibility index (Phi) is 4.49. The predicted octanol–water partition coefficient (Wildman–Crippen LogP) is 6.94. The number of hydrogen-bond acceptors (Lipinski definition) is 1. The summed E-state index contributed by atoms with van der Waals surface area (Å²) in [4.78, 5) is 0. The van der Waals surface area contributed by atoms with Crippen LogP contribution in [0.4, 0.5) is 8.78 Å². The van der Waals surface area contributed by atoms with E-state index in [2.05, 4.69) is 0 Å². The first-order chi connectivity index (χ1) is 12.2. The molecule has 0 amide bonds. The Morgan fingerprint density at radius 1 is 0.880 bits per heavy atom. The number of hydrogen-bond donors (Lipinski definition) is 0. The van der Waals surface area contributed by atoms with E-state index in [0.717, 1.165) is 25.2 Å². The molecule has 1 aliphatic carbocycles. The Bertz CT molecular complexity index is 903. The summed E-state index contributed by atoms with van der Waals surface area (Å²) in [5.41, 5.74) is 1.71. The van der Waals surface area contributed by atoms with Crippen molar-refractivity contribution in [1.82, 2.24) is 0 Å². The van der Waals surface area contributed by atoms with Gasteiger partial charge in [-0.2, -0.15) is 0 Å². The predicted molar refractivity (Wildman–Crippen MR) is 97.9 cm³/mol. The summed E-state index contributed by atoms with van der Waals surface area (Å²) in [7, 11) is 0. The Morgan fingerprint density at radius 3 is 2.00 bits per heavy atom. The lowest BCUT2D eigenvalue weighted by atomic mass is 9.97. The van der Waals surface area contributed by atoms with Gasteiger partial charge in [-0.3, -0.25) is 0 Å². The number of benzene rings is 2. The van der Waals surface area contributed by atoms with Crippen molar-refractivity contribution in [2.24, 2.45) is 5.92 Å². The second-order valence-corrected chi connectivity index (χ2v) is 7.37. The van der Waals surface area contributed by atoms with Crippen molar-refractivity contribution in [3.8, 4) is 0 Å². The summed E-state index contributed by atoms with van der Waals surface area (Å²) in [6.45, 7) is 2.01. The third kappa shape index (κ3) is 2.94. The average Bonchev–Trinajstić information content (AvgIpc) is 3.25. The molecule has 0 aliphatic heterocycles. The van der Waals surface area contributed by atoms with Crippen molar-refractivity contribution in [2.75, 3.05) is 0 Å². The first-order valence-electron chi connectivity index (χ1n) is 9.50. The van der Waals surface area contributed by atoms with Gasteiger partial charge in [0.05, 0.1) is 0 Å². The summed E-state index contributed by atoms with van der Waals surface area (Å²) in [5, 5.41) is 1.33. The van der Waals surface area contributed by atoms with E-state index >= 15 is 0 Å². The fourth-order valence-electron chi connectivity index (χ4n) is 4.23. The molecule has 132 valence electrons. The van der Waals surface area contributed by atoms with Crippen LogP contribution in [0.2, 0.25) is 0 Å². The molecule has 1 aliphatic rings. The minimum absolute atomic E-state index is 0.188. The monoisotopic (exact) mass is 342 g/mol. The molecule has 1 nitrogen and oxygen atoms in total. The van der Waals surface area contributed by atoms with Gasteiger partial charge in [0.2, 0.25) is 0 Å². The highest BCUT2D eigenvalue weighted by Gasteiger charge is 2.20. The molecule has 0 N–H and O–H groups in total. The summed E-state index contributed by atoms with van der Waals surface area (Å²) >= 11 is 0. The fourth-order valence-corrected chi connectivity index (χ4v) is 4.23. The van der Waals surface area contributed by atoms with Gasteiger partial charge in [-0.1, -0.05) is 51.2 Å². The molecule has 0 unspecified atom stereocenters. The van der Waals surface area contributed by atoms with E-state index in [1.807, 2.05) is 25.1 Å². The lowest BCUT2D eigenvalue weighted by Crippen LogP contribution is -1.98. The van der Waals surface area contributed by atoms with Crippen LogP contribution in [0.1, 0.15) is 56.6 Å². The molecule has 1 fully saturated rings. The number of halogens is 2. The van der Waals surface area contributed by atoms with Crippen LogP contribution in [0, 0.1) is 17.6 Å². The highest BCUT2D eigenvalue weighted by Crippen LogP contribution is 2.35. The van der Waals surface area contributed by atoms with Gasteiger partial charge in [0.25, 0.3) is 0 Å². The topological polar surface area (TPSA) is 13.1 Å². The maximum Gasteiger partial charge on any atom is 0.171 e. The number of rotatable bonds is 5. The van der Waals surface area contributed by atoms with E-state index in [1.165, 1.54) is 25.7 Å². The number of fused-ring (bicyclic) bond motifs is 3. The van der Waals surface area contributed by atoms with Crippen molar-refractivity contribution in [3.63, 3.8) is 0 Å². The second-order valence-electron chi connectivity index (χ2n) is 7.37. The molecule has 0 spiro atoms. The second kappa shape index (κ2) is 6.78. The van der Waals surface area contributed by atoms with E-state index in [-0.39, 0.29) is 22.8 Å². The van der Waals surface area contributed by atoms with Crippen LogP contribution in [0.25, 0.3) is 21.9 Å². The Labute approximate surface area is 147 Å².